The van der Waals surface area contributed by atoms with Crippen LogP contribution in [0.4, 0.5) is 5.95 Å². The Morgan fingerprint density at radius 1 is 1.08 bits per heavy atom. The summed E-state index contributed by atoms with van der Waals surface area (Å²) in [6.45, 7) is 2.41. The topological polar surface area (TPSA) is 58.4 Å². The molecular formula is C18H16N4O2S. The Kier molecular flexibility index (Phi) is 3.18. The Labute approximate surface area is 148 Å². The number of imidazole rings is 1. The number of nitrogens with zero attached hydrogens (tertiary/aromatic N) is 4. The van der Waals surface area contributed by atoms with Crippen molar-refractivity contribution in [1.29, 1.82) is 0 Å². The maximum Gasteiger partial charge on any atom is 0.263 e. The summed E-state index contributed by atoms with van der Waals surface area (Å²) >= 11 is 1.44. The fourth-order valence-electron chi connectivity index (χ4n) is 3.58. The first-order valence-electron chi connectivity index (χ1n) is 8.32. The highest BCUT2D eigenvalue weighted by molar-refractivity contribution is 7.12. The Bertz CT molecular complexity index is 972. The molecular weight excluding hydrogens is 336 g/mol. The molecule has 2 amide bonds. The van der Waals surface area contributed by atoms with Gasteiger partial charge in [0.05, 0.1) is 21.8 Å². The molecule has 2 aliphatic heterocycles. The van der Waals surface area contributed by atoms with E-state index in [0.717, 1.165) is 28.4 Å². The smallest absolute Gasteiger partial charge is 0.263 e. The lowest BCUT2D eigenvalue weighted by Crippen LogP contribution is -2.56. The van der Waals surface area contributed by atoms with Gasteiger partial charge in [0.2, 0.25) is 11.9 Å². The average molecular weight is 352 g/mol. The zero-order valence-corrected chi connectivity index (χ0v) is 14.3. The van der Waals surface area contributed by atoms with Crippen molar-refractivity contribution in [2.24, 2.45) is 5.92 Å². The number of likely N-dealkylation sites (tertiary alicyclic amines) is 1. The number of thiophene rings is 1. The number of rotatable bonds is 2. The molecule has 25 heavy (non-hydrogen) atoms. The number of fused-ring (bicyclic) bond motifs is 3. The van der Waals surface area contributed by atoms with Crippen LogP contribution < -0.4 is 4.90 Å². The van der Waals surface area contributed by atoms with Gasteiger partial charge in [-0.1, -0.05) is 18.2 Å². The lowest BCUT2D eigenvalue weighted by molar-refractivity contribution is -0.126. The van der Waals surface area contributed by atoms with Gasteiger partial charge in [0.1, 0.15) is 0 Å². The Morgan fingerprint density at radius 2 is 1.92 bits per heavy atom. The number of amides is 2. The van der Waals surface area contributed by atoms with Gasteiger partial charge in [-0.25, -0.2) is 4.98 Å². The molecule has 0 unspecified atom stereocenters. The number of hydrogen-bond donors (Lipinski definition) is 0. The summed E-state index contributed by atoms with van der Waals surface area (Å²) in [4.78, 5) is 34.0. The highest BCUT2D eigenvalue weighted by Gasteiger charge is 2.41. The van der Waals surface area contributed by atoms with Crippen LogP contribution in [0.15, 0.2) is 41.8 Å². The van der Waals surface area contributed by atoms with Gasteiger partial charge in [-0.3, -0.25) is 14.5 Å². The number of aromatic nitrogens is 2. The number of hydrogen-bond acceptors (Lipinski definition) is 4. The van der Waals surface area contributed by atoms with E-state index in [2.05, 4.69) is 9.55 Å². The van der Waals surface area contributed by atoms with E-state index in [-0.39, 0.29) is 17.7 Å². The normalized spacial score (nSPS) is 17.0. The molecule has 4 heterocycles. The maximum atomic E-state index is 12.9. The molecule has 0 spiro atoms. The van der Waals surface area contributed by atoms with Crippen LogP contribution in [0.3, 0.4) is 0 Å². The molecule has 0 saturated carbocycles. The molecule has 0 N–H and O–H groups in total. The summed E-state index contributed by atoms with van der Waals surface area (Å²) in [5, 5.41) is 1.89. The third-order valence-electron chi connectivity index (χ3n) is 4.94. The van der Waals surface area contributed by atoms with Crippen molar-refractivity contribution in [2.45, 2.75) is 6.54 Å². The van der Waals surface area contributed by atoms with Crippen LogP contribution in [0, 0.1) is 5.92 Å². The highest BCUT2D eigenvalue weighted by atomic mass is 32.1. The SMILES string of the molecule is O=C(c1cccs1)N1CC(C(=O)N2CCn3c2nc2ccccc23)C1. The molecule has 2 aromatic heterocycles. The minimum Gasteiger partial charge on any atom is -0.336 e. The van der Waals surface area contributed by atoms with E-state index in [4.69, 9.17) is 0 Å². The quantitative estimate of drug-likeness (QED) is 0.711. The lowest BCUT2D eigenvalue weighted by Gasteiger charge is -2.39. The molecule has 7 heteroatoms. The van der Waals surface area contributed by atoms with Crippen LogP contribution in [0.2, 0.25) is 0 Å². The monoisotopic (exact) mass is 352 g/mol. The van der Waals surface area contributed by atoms with Crippen LogP contribution in [0.5, 0.6) is 0 Å². The number of benzene rings is 1. The van der Waals surface area contributed by atoms with Gasteiger partial charge < -0.3 is 9.47 Å². The fourth-order valence-corrected chi connectivity index (χ4v) is 4.27. The van der Waals surface area contributed by atoms with Crippen molar-refractivity contribution in [3.8, 4) is 0 Å². The van der Waals surface area contributed by atoms with E-state index in [0.29, 0.717) is 19.6 Å². The van der Waals surface area contributed by atoms with Crippen LogP contribution in [0.25, 0.3) is 11.0 Å². The van der Waals surface area contributed by atoms with Crippen LogP contribution in [-0.4, -0.2) is 45.9 Å². The van der Waals surface area contributed by atoms with Crippen molar-refractivity contribution < 1.29 is 9.59 Å². The first-order chi connectivity index (χ1) is 12.2. The minimum atomic E-state index is -0.129. The van der Waals surface area contributed by atoms with E-state index < -0.39 is 0 Å². The third-order valence-corrected chi connectivity index (χ3v) is 5.80. The largest absolute Gasteiger partial charge is 0.336 e. The molecule has 1 saturated heterocycles. The molecule has 1 fully saturated rings. The molecule has 1 aromatic carbocycles. The van der Waals surface area contributed by atoms with Crippen molar-refractivity contribution in [3.63, 3.8) is 0 Å². The average Bonchev–Trinajstić information content (AvgIpc) is 3.29. The molecule has 0 atom stereocenters. The summed E-state index contributed by atoms with van der Waals surface area (Å²) < 4.78 is 2.10. The molecule has 0 aliphatic carbocycles. The predicted molar refractivity (Wildman–Crippen MR) is 95.8 cm³/mol. The van der Waals surface area contributed by atoms with Crippen molar-refractivity contribution in [1.82, 2.24) is 14.5 Å². The van der Waals surface area contributed by atoms with Crippen molar-refractivity contribution in [3.05, 3.63) is 46.7 Å². The number of carbonyl (C=O) groups is 2. The molecule has 5 rings (SSSR count). The maximum absolute atomic E-state index is 12.9. The van der Waals surface area contributed by atoms with E-state index in [9.17, 15) is 9.59 Å². The summed E-state index contributed by atoms with van der Waals surface area (Å²) in [5.41, 5.74) is 1.98. The lowest BCUT2D eigenvalue weighted by atomic mass is 9.98. The second-order valence-corrected chi connectivity index (χ2v) is 7.37. The van der Waals surface area contributed by atoms with Crippen LogP contribution in [0.1, 0.15) is 9.67 Å². The molecule has 126 valence electrons. The second-order valence-electron chi connectivity index (χ2n) is 6.43. The van der Waals surface area contributed by atoms with E-state index in [1.54, 1.807) is 9.80 Å². The van der Waals surface area contributed by atoms with Gasteiger partial charge in [-0.15, -0.1) is 11.3 Å². The Hall–Kier alpha value is -2.67. The van der Waals surface area contributed by atoms with Crippen molar-refractivity contribution in [2.75, 3.05) is 24.5 Å². The van der Waals surface area contributed by atoms with Crippen LogP contribution in [-0.2, 0) is 11.3 Å². The second kappa shape index (κ2) is 5.42. The number of carbonyl (C=O) groups excluding carboxylic acids is 2. The molecule has 6 nitrogen and oxygen atoms in total. The van der Waals surface area contributed by atoms with Gasteiger partial charge in [0, 0.05) is 26.2 Å². The predicted octanol–water partition coefficient (Wildman–Crippen LogP) is 2.22. The summed E-state index contributed by atoms with van der Waals surface area (Å²) in [6.07, 6.45) is 0. The zero-order chi connectivity index (χ0) is 17.0. The minimum absolute atomic E-state index is 0.0210. The van der Waals surface area contributed by atoms with Gasteiger partial charge in [0.15, 0.2) is 0 Å². The van der Waals surface area contributed by atoms with Gasteiger partial charge in [0.25, 0.3) is 5.91 Å². The van der Waals surface area contributed by atoms with Crippen LogP contribution >= 0.6 is 11.3 Å². The first-order valence-corrected chi connectivity index (χ1v) is 9.20. The van der Waals surface area contributed by atoms with Gasteiger partial charge in [-0.2, -0.15) is 0 Å². The summed E-state index contributed by atoms with van der Waals surface area (Å²) in [5.74, 6) is 0.696. The number of para-hydroxylation sites is 2. The molecule has 0 bridgehead atoms. The van der Waals surface area contributed by atoms with Crippen molar-refractivity contribution >= 4 is 40.1 Å². The standard InChI is InChI=1S/C18H16N4O2S/c23-16(12-10-20(11-12)17(24)15-6-3-9-25-15)22-8-7-21-14-5-2-1-4-13(14)19-18(21)22/h1-6,9,12H,7-8,10-11H2. The zero-order valence-electron chi connectivity index (χ0n) is 13.5. The summed E-state index contributed by atoms with van der Waals surface area (Å²) in [7, 11) is 0. The fraction of sp³-hybridized carbons (Fsp3) is 0.278. The Morgan fingerprint density at radius 3 is 2.72 bits per heavy atom. The molecule has 2 aliphatic rings. The van der Waals surface area contributed by atoms with E-state index in [1.807, 2.05) is 41.8 Å². The first kappa shape index (κ1) is 14.7. The molecule has 3 aromatic rings. The van der Waals surface area contributed by atoms with Gasteiger partial charge >= 0.3 is 0 Å². The third kappa shape index (κ3) is 2.19. The Balaban J connectivity index is 1.32. The summed E-state index contributed by atoms with van der Waals surface area (Å²) in [6, 6.07) is 11.6. The number of anilines is 1. The van der Waals surface area contributed by atoms with E-state index in [1.165, 1.54) is 11.3 Å². The van der Waals surface area contributed by atoms with E-state index >= 15 is 0 Å². The van der Waals surface area contributed by atoms with Gasteiger partial charge in [-0.05, 0) is 23.6 Å². The highest BCUT2D eigenvalue weighted by Crippen LogP contribution is 2.30. The molecule has 0 radical (unpaired) electrons.